The maximum Gasteiger partial charge on any atom is 0.433 e. The number of halogens is 3. The number of alkyl halides is 3. The molecule has 96 valence electrons. The van der Waals surface area contributed by atoms with Crippen LogP contribution in [0.3, 0.4) is 0 Å². The number of aromatic nitrogens is 4. The largest absolute Gasteiger partial charge is 0.433 e. The molecule has 0 aliphatic carbocycles. The van der Waals surface area contributed by atoms with Crippen LogP contribution in [-0.4, -0.2) is 24.4 Å². The van der Waals surface area contributed by atoms with Gasteiger partial charge in [-0.15, -0.1) is 0 Å². The van der Waals surface area contributed by atoms with Crippen LogP contribution < -0.4 is 5.32 Å². The molecule has 1 amide bonds. The number of hydrogen-bond acceptors (Lipinski definition) is 5. The first-order valence-corrected chi connectivity index (χ1v) is 5.31. The van der Waals surface area contributed by atoms with Gasteiger partial charge in [-0.05, 0) is 0 Å². The Labute approximate surface area is 103 Å². The fourth-order valence-corrected chi connectivity index (χ4v) is 1.65. The van der Waals surface area contributed by atoms with Gasteiger partial charge in [-0.1, -0.05) is 0 Å². The summed E-state index contributed by atoms with van der Waals surface area (Å²) in [5.41, 5.74) is -0.923. The lowest BCUT2D eigenvalue weighted by Gasteiger charge is -2.04. The van der Waals surface area contributed by atoms with E-state index in [-0.39, 0.29) is 11.5 Å². The molecule has 0 saturated carbocycles. The van der Waals surface area contributed by atoms with Gasteiger partial charge < -0.3 is 5.32 Å². The van der Waals surface area contributed by atoms with E-state index in [4.69, 9.17) is 0 Å². The van der Waals surface area contributed by atoms with E-state index in [1.165, 1.54) is 6.20 Å². The molecule has 0 bridgehead atoms. The van der Waals surface area contributed by atoms with Crippen molar-refractivity contribution in [2.45, 2.75) is 6.18 Å². The SMILES string of the molecule is Cn1nc(NC(=O)c2cnsn2)cc1C(F)(F)F. The van der Waals surface area contributed by atoms with Crippen LogP contribution in [-0.2, 0) is 13.2 Å². The molecule has 0 saturated heterocycles. The van der Waals surface area contributed by atoms with Gasteiger partial charge in [0.25, 0.3) is 5.91 Å². The molecule has 18 heavy (non-hydrogen) atoms. The maximum atomic E-state index is 12.5. The van der Waals surface area contributed by atoms with Crippen molar-refractivity contribution in [3.8, 4) is 0 Å². The van der Waals surface area contributed by atoms with Crippen LogP contribution in [0.25, 0.3) is 0 Å². The monoisotopic (exact) mass is 277 g/mol. The third-order valence-electron chi connectivity index (χ3n) is 2.01. The molecule has 0 aromatic carbocycles. The topological polar surface area (TPSA) is 72.7 Å². The Morgan fingerprint density at radius 3 is 2.72 bits per heavy atom. The average molecular weight is 277 g/mol. The van der Waals surface area contributed by atoms with Gasteiger partial charge in [0.05, 0.1) is 17.9 Å². The van der Waals surface area contributed by atoms with E-state index in [0.717, 1.165) is 24.8 Å². The second kappa shape index (κ2) is 4.37. The zero-order valence-corrected chi connectivity index (χ0v) is 9.71. The average Bonchev–Trinajstić information content (AvgIpc) is 2.85. The Morgan fingerprint density at radius 1 is 1.50 bits per heavy atom. The highest BCUT2D eigenvalue weighted by atomic mass is 32.1. The molecule has 2 heterocycles. The standard InChI is InChI=1S/C8H6F3N5OS/c1-16-5(8(9,10)11)2-6(14-16)13-7(17)4-3-12-18-15-4/h2-3H,1H3,(H,13,14,17). The van der Waals surface area contributed by atoms with Crippen LogP contribution in [0, 0.1) is 0 Å². The van der Waals surface area contributed by atoms with E-state index >= 15 is 0 Å². The zero-order valence-electron chi connectivity index (χ0n) is 8.89. The van der Waals surface area contributed by atoms with Gasteiger partial charge in [0.2, 0.25) is 0 Å². The summed E-state index contributed by atoms with van der Waals surface area (Å²) in [4.78, 5) is 11.5. The first-order valence-electron chi connectivity index (χ1n) is 4.58. The van der Waals surface area contributed by atoms with Crippen LogP contribution in [0.1, 0.15) is 16.2 Å². The number of nitrogens with zero attached hydrogens (tertiary/aromatic N) is 4. The highest BCUT2D eigenvalue weighted by Gasteiger charge is 2.35. The number of amides is 1. The predicted molar refractivity (Wildman–Crippen MR) is 56.1 cm³/mol. The van der Waals surface area contributed by atoms with E-state index in [0.29, 0.717) is 4.68 Å². The molecule has 0 unspecified atom stereocenters. The summed E-state index contributed by atoms with van der Waals surface area (Å²) in [5.74, 6) is -0.849. The molecule has 0 aliphatic heterocycles. The van der Waals surface area contributed by atoms with Crippen molar-refractivity contribution in [3.63, 3.8) is 0 Å². The van der Waals surface area contributed by atoms with Crippen molar-refractivity contribution in [2.24, 2.45) is 7.05 Å². The van der Waals surface area contributed by atoms with Crippen molar-refractivity contribution in [2.75, 3.05) is 5.32 Å². The summed E-state index contributed by atoms with van der Waals surface area (Å²) in [6, 6.07) is 0.748. The molecule has 2 aromatic heterocycles. The summed E-state index contributed by atoms with van der Waals surface area (Å²) < 4.78 is 45.3. The molecular weight excluding hydrogens is 271 g/mol. The summed E-state index contributed by atoms with van der Waals surface area (Å²) in [6.07, 6.45) is -3.31. The molecular formula is C8H6F3N5OS. The van der Waals surface area contributed by atoms with Gasteiger partial charge >= 0.3 is 6.18 Å². The van der Waals surface area contributed by atoms with Crippen molar-refractivity contribution in [1.29, 1.82) is 0 Å². The summed E-state index contributed by atoms with van der Waals surface area (Å²) in [5, 5.41) is 5.76. The smallest absolute Gasteiger partial charge is 0.304 e. The van der Waals surface area contributed by atoms with E-state index < -0.39 is 17.8 Å². The minimum atomic E-state index is -4.52. The van der Waals surface area contributed by atoms with Crippen LogP contribution in [0.5, 0.6) is 0 Å². The fourth-order valence-electron chi connectivity index (χ4n) is 1.24. The van der Waals surface area contributed by atoms with Gasteiger partial charge in [0.1, 0.15) is 5.69 Å². The number of carbonyl (C=O) groups is 1. The normalized spacial score (nSPS) is 11.6. The third kappa shape index (κ3) is 2.47. The van der Waals surface area contributed by atoms with Crippen LogP contribution >= 0.6 is 11.7 Å². The minimum Gasteiger partial charge on any atom is -0.304 e. The van der Waals surface area contributed by atoms with Gasteiger partial charge in [-0.3, -0.25) is 9.48 Å². The van der Waals surface area contributed by atoms with Gasteiger partial charge in [-0.2, -0.15) is 27.0 Å². The highest BCUT2D eigenvalue weighted by Crippen LogP contribution is 2.30. The molecule has 2 aromatic rings. The molecule has 6 nitrogen and oxygen atoms in total. The Morgan fingerprint density at radius 2 is 2.22 bits per heavy atom. The molecule has 10 heteroatoms. The van der Waals surface area contributed by atoms with E-state index in [1.54, 1.807) is 0 Å². The van der Waals surface area contributed by atoms with E-state index in [1.807, 2.05) is 0 Å². The quantitative estimate of drug-likeness (QED) is 0.903. The summed E-state index contributed by atoms with van der Waals surface area (Å²) >= 11 is 0.825. The van der Waals surface area contributed by atoms with Gasteiger partial charge in [0, 0.05) is 13.1 Å². The first-order chi connectivity index (χ1) is 8.38. The number of anilines is 1. The van der Waals surface area contributed by atoms with Gasteiger partial charge in [-0.25, -0.2) is 0 Å². The molecule has 0 spiro atoms. The number of rotatable bonds is 2. The molecule has 0 aliphatic rings. The minimum absolute atomic E-state index is 0.0270. The third-order valence-corrected chi connectivity index (χ3v) is 2.48. The number of hydrogen-bond donors (Lipinski definition) is 1. The highest BCUT2D eigenvalue weighted by molar-refractivity contribution is 6.99. The van der Waals surface area contributed by atoms with Crippen LogP contribution in [0.4, 0.5) is 19.0 Å². The fraction of sp³-hybridized carbons (Fsp3) is 0.250. The van der Waals surface area contributed by atoms with Crippen LogP contribution in [0.15, 0.2) is 12.3 Å². The Balaban J connectivity index is 2.19. The molecule has 1 N–H and O–H groups in total. The molecule has 0 fully saturated rings. The van der Waals surface area contributed by atoms with E-state index in [9.17, 15) is 18.0 Å². The predicted octanol–water partition coefficient (Wildman–Crippen LogP) is 1.54. The lowest BCUT2D eigenvalue weighted by atomic mass is 10.4. The molecule has 0 radical (unpaired) electrons. The molecule has 0 atom stereocenters. The van der Waals surface area contributed by atoms with Crippen molar-refractivity contribution >= 4 is 23.5 Å². The Bertz CT molecular complexity index is 562. The lowest BCUT2D eigenvalue weighted by molar-refractivity contribution is -0.143. The van der Waals surface area contributed by atoms with Crippen LogP contribution in [0.2, 0.25) is 0 Å². The van der Waals surface area contributed by atoms with Gasteiger partial charge in [0.15, 0.2) is 11.5 Å². The number of nitrogens with one attached hydrogen (secondary N) is 1. The first kappa shape index (κ1) is 12.5. The van der Waals surface area contributed by atoms with Crippen molar-refractivity contribution in [3.05, 3.63) is 23.7 Å². The van der Waals surface area contributed by atoms with Crippen molar-refractivity contribution < 1.29 is 18.0 Å². The summed E-state index contributed by atoms with van der Waals surface area (Å²) in [6.45, 7) is 0. The number of aryl methyl sites for hydroxylation is 1. The summed E-state index contributed by atoms with van der Waals surface area (Å²) in [7, 11) is 1.14. The number of carbonyl (C=O) groups excluding carboxylic acids is 1. The Kier molecular flexibility index (Phi) is 3.03. The second-order valence-electron chi connectivity index (χ2n) is 3.28. The Hall–Kier alpha value is -1.97. The second-order valence-corrected chi connectivity index (χ2v) is 3.84. The maximum absolute atomic E-state index is 12.5. The van der Waals surface area contributed by atoms with Crippen molar-refractivity contribution in [1.82, 2.24) is 18.5 Å². The lowest BCUT2D eigenvalue weighted by Crippen LogP contribution is -2.12. The van der Waals surface area contributed by atoms with E-state index in [2.05, 4.69) is 19.2 Å². The molecule has 2 rings (SSSR count). The zero-order chi connectivity index (χ0) is 13.3.